The molecule has 0 amide bonds. The Labute approximate surface area is 165 Å². The van der Waals surface area contributed by atoms with Gasteiger partial charge in [0, 0.05) is 38.6 Å². The maximum absolute atomic E-state index is 13.3. The van der Waals surface area contributed by atoms with Gasteiger partial charge in [-0.15, -0.1) is 0 Å². The molecule has 4 rings (SSSR count). The number of ether oxygens (including phenoxy) is 1. The highest BCUT2D eigenvalue weighted by Gasteiger charge is 2.27. The molecule has 2 aromatic rings. The second kappa shape index (κ2) is 9.12. The Morgan fingerprint density at radius 1 is 0.821 bits per heavy atom. The molecule has 2 aliphatic heterocycles. The maximum atomic E-state index is 13.3. The summed E-state index contributed by atoms with van der Waals surface area (Å²) >= 11 is 0. The fourth-order valence-electron chi connectivity index (χ4n) is 4.09. The van der Waals surface area contributed by atoms with Gasteiger partial charge in [0.2, 0.25) is 0 Å². The Hall–Kier alpha value is -1.82. The number of hydrogen-bond acceptors (Lipinski definition) is 3. The highest BCUT2D eigenvalue weighted by Crippen LogP contribution is 2.30. The van der Waals surface area contributed by atoms with E-state index in [-0.39, 0.29) is 17.6 Å². The largest absolute Gasteiger partial charge is 0.372 e. The van der Waals surface area contributed by atoms with E-state index in [0.29, 0.717) is 6.10 Å². The van der Waals surface area contributed by atoms with Gasteiger partial charge < -0.3 is 9.64 Å². The number of hydrogen-bond donors (Lipinski definition) is 0. The third-order valence-corrected chi connectivity index (χ3v) is 5.84. The molecule has 2 heterocycles. The molecule has 1 unspecified atom stereocenters. The zero-order valence-electron chi connectivity index (χ0n) is 16.2. The molecular weight excluding hydrogens is 358 g/mol. The first-order chi connectivity index (χ1) is 13.7. The molecule has 0 spiro atoms. The Bertz CT molecular complexity index is 693. The van der Waals surface area contributed by atoms with Crippen molar-refractivity contribution < 1.29 is 13.5 Å². The maximum Gasteiger partial charge on any atom is 0.123 e. The van der Waals surface area contributed by atoms with Crippen molar-refractivity contribution >= 4 is 0 Å². The molecule has 0 aromatic heterocycles. The monoisotopic (exact) mass is 386 g/mol. The average molecular weight is 386 g/mol. The average Bonchev–Trinajstić information content (AvgIpc) is 3.52. The van der Waals surface area contributed by atoms with Crippen molar-refractivity contribution in [3.63, 3.8) is 0 Å². The summed E-state index contributed by atoms with van der Waals surface area (Å²) in [6.45, 7) is 7.49. The summed E-state index contributed by atoms with van der Waals surface area (Å²) in [5.74, 6) is -0.290. The zero-order chi connectivity index (χ0) is 19.3. The molecule has 2 fully saturated rings. The minimum absolute atomic E-state index is 0.162. The smallest absolute Gasteiger partial charge is 0.123 e. The first-order valence-corrected chi connectivity index (χ1v) is 10.2. The van der Waals surface area contributed by atoms with E-state index >= 15 is 0 Å². The third kappa shape index (κ3) is 5.37. The van der Waals surface area contributed by atoms with Crippen LogP contribution < -0.4 is 0 Å². The number of nitrogens with zero attached hydrogens (tertiary/aromatic N) is 2. The first-order valence-electron chi connectivity index (χ1n) is 10.2. The van der Waals surface area contributed by atoms with Crippen molar-refractivity contribution in [2.24, 2.45) is 0 Å². The Balaban J connectivity index is 1.32. The van der Waals surface area contributed by atoms with Crippen LogP contribution in [0.3, 0.4) is 0 Å². The fourth-order valence-corrected chi connectivity index (χ4v) is 4.09. The lowest BCUT2D eigenvalue weighted by Crippen LogP contribution is -2.47. The normalized spacial score (nSPS) is 20.6. The van der Waals surface area contributed by atoms with Crippen LogP contribution in [0, 0.1) is 11.6 Å². The van der Waals surface area contributed by atoms with Gasteiger partial charge in [-0.2, -0.15) is 0 Å². The van der Waals surface area contributed by atoms with Gasteiger partial charge in [-0.05, 0) is 54.8 Å². The lowest BCUT2D eigenvalue weighted by Gasteiger charge is -2.34. The van der Waals surface area contributed by atoms with Crippen LogP contribution >= 0.6 is 0 Å². The van der Waals surface area contributed by atoms with E-state index in [2.05, 4.69) is 9.80 Å². The molecule has 28 heavy (non-hydrogen) atoms. The van der Waals surface area contributed by atoms with Gasteiger partial charge in [0.15, 0.2) is 0 Å². The number of piperazine rings is 1. The molecule has 0 aliphatic carbocycles. The first kappa shape index (κ1) is 19.5. The number of rotatable bonds is 8. The molecule has 150 valence electrons. The minimum Gasteiger partial charge on any atom is -0.372 e. The second-order valence-corrected chi connectivity index (χ2v) is 7.90. The van der Waals surface area contributed by atoms with Crippen LogP contribution in [0.5, 0.6) is 0 Å². The van der Waals surface area contributed by atoms with Crippen molar-refractivity contribution in [2.75, 3.05) is 45.9 Å². The van der Waals surface area contributed by atoms with Gasteiger partial charge >= 0.3 is 0 Å². The predicted octanol–water partition coefficient (Wildman–Crippen LogP) is 3.89. The van der Waals surface area contributed by atoms with Crippen LogP contribution in [0.2, 0.25) is 0 Å². The van der Waals surface area contributed by atoms with E-state index in [1.807, 2.05) is 24.3 Å². The van der Waals surface area contributed by atoms with E-state index < -0.39 is 0 Å². The van der Waals surface area contributed by atoms with Crippen LogP contribution in [-0.4, -0.2) is 61.8 Å². The van der Waals surface area contributed by atoms with Gasteiger partial charge in [0.1, 0.15) is 11.6 Å². The van der Waals surface area contributed by atoms with Gasteiger partial charge in [-0.3, -0.25) is 4.90 Å². The topological polar surface area (TPSA) is 19.0 Å². The Kier molecular flexibility index (Phi) is 6.35. The van der Waals surface area contributed by atoms with E-state index in [0.717, 1.165) is 69.8 Å². The molecule has 0 saturated carbocycles. The number of halogens is 2. The van der Waals surface area contributed by atoms with E-state index in [1.165, 1.54) is 24.3 Å². The molecule has 0 bridgehead atoms. The lowest BCUT2D eigenvalue weighted by molar-refractivity contribution is 0.123. The molecule has 1 atom stereocenters. The fraction of sp³-hybridized carbons (Fsp3) is 0.478. The molecule has 0 radical (unpaired) electrons. The predicted molar refractivity (Wildman–Crippen MR) is 106 cm³/mol. The van der Waals surface area contributed by atoms with Crippen LogP contribution in [0.1, 0.15) is 29.9 Å². The van der Waals surface area contributed by atoms with Crippen molar-refractivity contribution in [2.45, 2.75) is 24.9 Å². The summed E-state index contributed by atoms with van der Waals surface area (Å²) < 4.78 is 32.0. The SMILES string of the molecule is Fc1ccc(C(CCCN2CCN(CC3CO3)CC2)c2ccc(F)cc2)cc1. The minimum atomic E-state index is -0.226. The Morgan fingerprint density at radius 3 is 1.82 bits per heavy atom. The third-order valence-electron chi connectivity index (χ3n) is 5.84. The van der Waals surface area contributed by atoms with Crippen LogP contribution in [-0.2, 0) is 4.74 Å². The standard InChI is InChI=1S/C23H28F2N2O/c24-20-7-3-18(4-8-20)23(19-5-9-21(25)10-6-19)2-1-11-26-12-14-27(15-13-26)16-22-17-28-22/h3-10,22-23H,1-2,11-17H2. The summed E-state index contributed by atoms with van der Waals surface area (Å²) in [5.41, 5.74) is 2.17. The Morgan fingerprint density at radius 2 is 1.32 bits per heavy atom. The van der Waals surface area contributed by atoms with Crippen molar-refractivity contribution in [1.82, 2.24) is 9.80 Å². The summed E-state index contributed by atoms with van der Waals surface area (Å²) in [5, 5.41) is 0. The van der Waals surface area contributed by atoms with E-state index in [9.17, 15) is 8.78 Å². The van der Waals surface area contributed by atoms with Crippen molar-refractivity contribution in [3.8, 4) is 0 Å². The zero-order valence-corrected chi connectivity index (χ0v) is 16.2. The quantitative estimate of drug-likeness (QED) is 0.642. The van der Waals surface area contributed by atoms with Crippen molar-refractivity contribution in [1.29, 1.82) is 0 Å². The summed E-state index contributed by atoms with van der Waals surface area (Å²) in [6.07, 6.45) is 2.50. The molecule has 2 saturated heterocycles. The van der Waals surface area contributed by atoms with Gasteiger partial charge in [0.05, 0.1) is 12.7 Å². The number of benzene rings is 2. The van der Waals surface area contributed by atoms with Crippen LogP contribution in [0.25, 0.3) is 0 Å². The molecule has 2 aromatic carbocycles. The highest BCUT2D eigenvalue weighted by molar-refractivity contribution is 5.32. The second-order valence-electron chi connectivity index (χ2n) is 7.90. The summed E-state index contributed by atoms with van der Waals surface area (Å²) in [4.78, 5) is 5.02. The molecule has 0 N–H and O–H groups in total. The molecule has 5 heteroatoms. The summed E-state index contributed by atoms with van der Waals surface area (Å²) in [6, 6.07) is 13.4. The van der Waals surface area contributed by atoms with E-state index in [4.69, 9.17) is 4.74 Å². The molecule has 3 nitrogen and oxygen atoms in total. The van der Waals surface area contributed by atoms with Gasteiger partial charge in [0.25, 0.3) is 0 Å². The highest BCUT2D eigenvalue weighted by atomic mass is 19.1. The summed E-state index contributed by atoms with van der Waals surface area (Å²) in [7, 11) is 0. The van der Waals surface area contributed by atoms with Gasteiger partial charge in [-0.1, -0.05) is 24.3 Å². The van der Waals surface area contributed by atoms with Crippen LogP contribution in [0.15, 0.2) is 48.5 Å². The van der Waals surface area contributed by atoms with Crippen molar-refractivity contribution in [3.05, 3.63) is 71.3 Å². The van der Waals surface area contributed by atoms with E-state index in [1.54, 1.807) is 0 Å². The van der Waals surface area contributed by atoms with Crippen LogP contribution in [0.4, 0.5) is 8.78 Å². The molecule has 2 aliphatic rings. The van der Waals surface area contributed by atoms with Gasteiger partial charge in [-0.25, -0.2) is 8.78 Å². The number of epoxide rings is 1. The molecular formula is C23H28F2N2O. The lowest BCUT2D eigenvalue weighted by atomic mass is 9.87.